The van der Waals surface area contributed by atoms with Crippen LogP contribution >= 0.6 is 23.2 Å². The molecule has 4 aromatic carbocycles. The first kappa shape index (κ1) is 42.9. The van der Waals surface area contributed by atoms with Crippen molar-refractivity contribution in [3.63, 3.8) is 0 Å². The Morgan fingerprint density at radius 2 is 1.67 bits per heavy atom. The fourth-order valence-electron chi connectivity index (χ4n) is 11.1. The number of piperidine rings is 1. The highest BCUT2D eigenvalue weighted by Gasteiger charge is 2.72. The van der Waals surface area contributed by atoms with Gasteiger partial charge < -0.3 is 20.9 Å². The summed E-state index contributed by atoms with van der Waals surface area (Å²) in [7, 11) is 0. The van der Waals surface area contributed by atoms with Gasteiger partial charge in [-0.05, 0) is 116 Å². The Hall–Kier alpha value is -5.36. The number of carbonyl (C=O) groups is 5. The van der Waals surface area contributed by atoms with Gasteiger partial charge in [0.15, 0.2) is 5.78 Å². The van der Waals surface area contributed by atoms with Gasteiger partial charge in [-0.15, -0.1) is 0 Å². The fraction of sp³-hybridized carbons (Fsp3) is 0.380. The van der Waals surface area contributed by atoms with E-state index in [-0.39, 0.29) is 34.1 Å². The minimum atomic E-state index is -1.34. The molecule has 4 heterocycles. The van der Waals surface area contributed by atoms with E-state index in [0.29, 0.717) is 77.4 Å². The van der Waals surface area contributed by atoms with Crippen molar-refractivity contribution < 1.29 is 28.4 Å². The molecule has 0 bridgehead atoms. The first-order valence-corrected chi connectivity index (χ1v) is 22.8. The predicted molar refractivity (Wildman–Crippen MR) is 241 cm³/mol. The number of nitrogens with zero attached hydrogens (tertiary/aromatic N) is 1. The van der Waals surface area contributed by atoms with Gasteiger partial charge in [0.2, 0.25) is 17.7 Å². The number of anilines is 2. The maximum atomic E-state index is 16.2. The van der Waals surface area contributed by atoms with E-state index in [1.165, 1.54) is 6.07 Å². The number of hydrogen-bond acceptors (Lipinski definition) is 6. The number of carbonyl (C=O) groups excluding carboxylic acids is 5. The number of allylic oxidation sites excluding steroid dienone is 1. The molecular formula is C50H50Cl2FN5O5. The number of nitrogens with one attached hydrogen (secondary N) is 4. The third kappa shape index (κ3) is 7.65. The first-order chi connectivity index (χ1) is 30.4. The summed E-state index contributed by atoms with van der Waals surface area (Å²) in [6.07, 6.45) is 9.76. The second-order valence-corrected chi connectivity index (χ2v) is 18.7. The number of aryl methyl sites for hydroxylation is 1. The van der Waals surface area contributed by atoms with Crippen molar-refractivity contribution in [1.82, 2.24) is 15.5 Å². The minimum Gasteiger partial charge on any atom is -0.329 e. The van der Waals surface area contributed by atoms with Gasteiger partial charge in [-0.3, -0.25) is 29.3 Å². The molecule has 4 N–H and O–H groups in total. The van der Waals surface area contributed by atoms with Crippen LogP contribution in [0.1, 0.15) is 126 Å². The van der Waals surface area contributed by atoms with Gasteiger partial charge in [-0.2, -0.15) is 0 Å². The average Bonchev–Trinajstić information content (AvgIpc) is 3.86. The summed E-state index contributed by atoms with van der Waals surface area (Å²) in [6.45, 7) is 4.27. The highest BCUT2D eigenvalue weighted by molar-refractivity contribution is 6.31. The molecule has 1 aliphatic carbocycles. The molecule has 326 valence electrons. The van der Waals surface area contributed by atoms with Crippen LogP contribution in [0.15, 0.2) is 91.1 Å². The van der Waals surface area contributed by atoms with Crippen LogP contribution < -0.4 is 21.3 Å². The number of halogens is 3. The Kier molecular flexibility index (Phi) is 11.8. The predicted octanol–water partition coefficient (Wildman–Crippen LogP) is 9.54. The van der Waals surface area contributed by atoms with Gasteiger partial charge >= 0.3 is 0 Å². The van der Waals surface area contributed by atoms with Crippen LogP contribution in [0.3, 0.4) is 0 Å². The number of unbranched alkanes of at least 4 members (excludes halogenated alkanes) is 3. The van der Waals surface area contributed by atoms with E-state index in [4.69, 9.17) is 23.2 Å². The second kappa shape index (κ2) is 17.3. The van der Waals surface area contributed by atoms with Gasteiger partial charge in [-0.25, -0.2) is 4.39 Å². The minimum absolute atomic E-state index is 0.00618. The molecule has 10 nitrogen and oxygen atoms in total. The number of amides is 4. The zero-order chi connectivity index (χ0) is 44.0. The normalized spacial score (nSPS) is 23.5. The van der Waals surface area contributed by atoms with Crippen LogP contribution in [0.2, 0.25) is 10.0 Å². The summed E-state index contributed by atoms with van der Waals surface area (Å²) < 4.78 is 16.2. The monoisotopic (exact) mass is 889 g/mol. The number of Topliss-reactive ketones (excluding diaryl/α,β-unsaturated/α-hetero) is 1. The second-order valence-electron chi connectivity index (χ2n) is 17.8. The van der Waals surface area contributed by atoms with Crippen molar-refractivity contribution in [2.45, 2.75) is 119 Å². The van der Waals surface area contributed by atoms with Crippen molar-refractivity contribution >= 4 is 64.0 Å². The van der Waals surface area contributed by atoms with Crippen molar-refractivity contribution in [1.29, 1.82) is 0 Å². The number of fused-ring (bicyclic) bond motifs is 4. The average molecular weight is 891 g/mol. The highest BCUT2D eigenvalue weighted by Crippen LogP contribution is 2.63. The topological polar surface area (TPSA) is 137 Å². The Morgan fingerprint density at radius 1 is 0.889 bits per heavy atom. The van der Waals surface area contributed by atoms with E-state index in [1.54, 1.807) is 53.4 Å². The van der Waals surface area contributed by atoms with E-state index in [9.17, 15) is 24.0 Å². The van der Waals surface area contributed by atoms with Gasteiger partial charge in [0.25, 0.3) is 5.91 Å². The third-order valence-corrected chi connectivity index (χ3v) is 14.6. The van der Waals surface area contributed by atoms with Crippen molar-refractivity contribution in [2.75, 3.05) is 10.6 Å². The summed E-state index contributed by atoms with van der Waals surface area (Å²) in [5.74, 6) is -2.62. The first-order valence-electron chi connectivity index (χ1n) is 22.1. The zero-order valence-electron chi connectivity index (χ0n) is 35.0. The number of rotatable bonds is 12. The lowest BCUT2D eigenvalue weighted by atomic mass is 9.55. The number of benzene rings is 4. The van der Waals surface area contributed by atoms with Crippen LogP contribution in [0.4, 0.5) is 15.8 Å². The summed E-state index contributed by atoms with van der Waals surface area (Å²) in [6, 6.07) is 21.3. The van der Waals surface area contributed by atoms with Gasteiger partial charge in [0.1, 0.15) is 17.3 Å². The Labute approximate surface area is 376 Å². The summed E-state index contributed by atoms with van der Waals surface area (Å²) in [5.41, 5.74) is 3.61. The maximum absolute atomic E-state index is 16.2. The molecule has 2 saturated heterocycles. The molecule has 3 fully saturated rings. The standard InChI is InChI=1S/C50H50Cl2FN5O5/c1-29-14-23-40(45(60)54-29)58-28-32-16-15-30(26-36(32)47(58)62)10-5-2-3-6-13-41(59)31-17-20-34(21-18-31)55-46(61)44-42(35-11-9-12-38(52)43(35)53)50(49(57-44)24-7-4-8-25-49)37-22-19-33(51)27-39(37)56-48(50)63/h9,11-12,15-22,26-27,40,42,44,57H,1-8,10,13-14,23-25,28H2,(H,54,60)(H,55,61)(H,56,63)/t40?,42-,44+,50+/m0/s1. The summed E-state index contributed by atoms with van der Waals surface area (Å²) in [4.78, 5) is 69.9. The molecule has 4 atom stereocenters. The lowest BCUT2D eigenvalue weighted by Crippen LogP contribution is -2.60. The lowest BCUT2D eigenvalue weighted by Gasteiger charge is -2.47. The van der Waals surface area contributed by atoms with E-state index in [0.717, 1.165) is 62.5 Å². The smallest absolute Gasteiger partial charge is 0.255 e. The molecule has 2 spiro atoms. The molecule has 0 aromatic heterocycles. The molecule has 4 amide bonds. The van der Waals surface area contributed by atoms with E-state index >= 15 is 4.39 Å². The SMILES string of the molecule is C=C1CCC(N2Cc3ccc(CCCCCCC(=O)c4ccc(NC(=O)[C@@H]5NC6(CCCCC6)[C@@]6(C(=O)Nc7cc(Cl)ccc76)[C@H]5c5cccc(Cl)c5F)cc4)cc3C2=O)C(=O)N1. The third-order valence-electron chi connectivity index (χ3n) is 14.1. The molecule has 9 rings (SSSR count). The molecule has 4 aromatic rings. The maximum Gasteiger partial charge on any atom is 0.255 e. The van der Waals surface area contributed by atoms with E-state index in [2.05, 4.69) is 33.9 Å². The van der Waals surface area contributed by atoms with Gasteiger partial charge in [-0.1, -0.05) is 92.2 Å². The quantitative estimate of drug-likeness (QED) is 0.0827. The van der Waals surface area contributed by atoms with Crippen molar-refractivity contribution in [3.8, 4) is 0 Å². The van der Waals surface area contributed by atoms with Crippen LogP contribution in [0, 0.1) is 5.82 Å². The molecule has 5 aliphatic rings. The number of hydrogen-bond donors (Lipinski definition) is 4. The molecule has 63 heavy (non-hydrogen) atoms. The van der Waals surface area contributed by atoms with Crippen LogP contribution in [-0.4, -0.2) is 51.9 Å². The van der Waals surface area contributed by atoms with Crippen LogP contribution in [0.25, 0.3) is 0 Å². The molecule has 1 saturated carbocycles. The Balaban J connectivity index is 0.824. The Morgan fingerprint density at radius 3 is 2.44 bits per heavy atom. The fourth-order valence-corrected chi connectivity index (χ4v) is 11.5. The molecule has 0 radical (unpaired) electrons. The van der Waals surface area contributed by atoms with Gasteiger partial charge in [0.05, 0.1) is 11.1 Å². The highest BCUT2D eigenvalue weighted by atomic mass is 35.5. The lowest BCUT2D eigenvalue weighted by molar-refractivity contribution is -0.126. The largest absolute Gasteiger partial charge is 0.329 e. The van der Waals surface area contributed by atoms with Crippen LogP contribution in [0.5, 0.6) is 0 Å². The molecule has 1 unspecified atom stereocenters. The Bertz CT molecular complexity index is 2540. The molecular weight excluding hydrogens is 840 g/mol. The summed E-state index contributed by atoms with van der Waals surface area (Å²) in [5, 5.41) is 12.8. The molecule has 4 aliphatic heterocycles. The van der Waals surface area contributed by atoms with E-state index in [1.807, 2.05) is 18.2 Å². The van der Waals surface area contributed by atoms with Gasteiger partial charge in [0, 0.05) is 57.6 Å². The van der Waals surface area contributed by atoms with Crippen molar-refractivity contribution in [2.24, 2.45) is 0 Å². The van der Waals surface area contributed by atoms with E-state index < -0.39 is 40.7 Å². The van der Waals surface area contributed by atoms with Crippen molar-refractivity contribution in [3.05, 3.63) is 140 Å². The summed E-state index contributed by atoms with van der Waals surface area (Å²) >= 11 is 12.8. The molecule has 13 heteroatoms. The zero-order valence-corrected chi connectivity index (χ0v) is 36.5. The van der Waals surface area contributed by atoms with Crippen LogP contribution in [-0.2, 0) is 32.8 Å². The number of ketones is 1.